The van der Waals surface area contributed by atoms with Gasteiger partial charge >= 0.3 is 0 Å². The van der Waals surface area contributed by atoms with Crippen molar-refractivity contribution in [3.63, 3.8) is 0 Å². The van der Waals surface area contributed by atoms with E-state index in [1.54, 1.807) is 0 Å². The van der Waals surface area contributed by atoms with Gasteiger partial charge in [-0.3, -0.25) is 4.99 Å². The third kappa shape index (κ3) is 7.16. The van der Waals surface area contributed by atoms with Crippen LogP contribution in [0.2, 0.25) is 0 Å². The minimum absolute atomic E-state index is 0. The number of ether oxygens (including phenoxy) is 1. The van der Waals surface area contributed by atoms with E-state index in [4.69, 9.17) is 9.73 Å². The Kier molecular flexibility index (Phi) is 9.82. The molecule has 2 rings (SSSR count). The van der Waals surface area contributed by atoms with Crippen LogP contribution >= 0.6 is 24.0 Å². The molecule has 0 radical (unpaired) electrons. The van der Waals surface area contributed by atoms with Gasteiger partial charge in [-0.25, -0.2) is 0 Å². The quantitative estimate of drug-likeness (QED) is 0.389. The summed E-state index contributed by atoms with van der Waals surface area (Å²) in [5.41, 5.74) is 0.433. The normalized spacial score (nSPS) is 21.8. The average Bonchev–Trinajstić information content (AvgIpc) is 2.97. The minimum atomic E-state index is 0. The highest BCUT2D eigenvalue weighted by Gasteiger charge is 2.28. The minimum Gasteiger partial charge on any atom is -0.381 e. The van der Waals surface area contributed by atoms with Gasteiger partial charge in [-0.2, -0.15) is 0 Å². The molecule has 23 heavy (non-hydrogen) atoms. The third-order valence-electron chi connectivity index (χ3n) is 5.33. The van der Waals surface area contributed by atoms with Crippen LogP contribution in [0.5, 0.6) is 0 Å². The van der Waals surface area contributed by atoms with Crippen LogP contribution in [-0.4, -0.2) is 50.8 Å². The summed E-state index contributed by atoms with van der Waals surface area (Å²) < 4.78 is 5.45. The maximum absolute atomic E-state index is 5.45. The molecule has 1 N–H and O–H groups in total. The smallest absolute Gasteiger partial charge is 0.193 e. The molecule has 4 nitrogen and oxygen atoms in total. The standard InChI is InChI=1S/C18H35N3O.HI/c1-4-19-17(20-15-18(2)10-5-6-11-18)21(3)12-7-16-8-13-22-14-9-16;/h16H,4-15H2,1-3H3,(H,19,20);1H. The predicted octanol–water partition coefficient (Wildman–Crippen LogP) is 3.90. The molecule has 0 aromatic heterocycles. The van der Waals surface area contributed by atoms with E-state index in [9.17, 15) is 0 Å². The lowest BCUT2D eigenvalue weighted by Crippen LogP contribution is -2.40. The van der Waals surface area contributed by atoms with Gasteiger partial charge in [0.25, 0.3) is 0 Å². The maximum atomic E-state index is 5.45. The number of halogens is 1. The Bertz CT molecular complexity index is 350. The lowest BCUT2D eigenvalue weighted by atomic mass is 9.89. The van der Waals surface area contributed by atoms with Gasteiger partial charge in [-0.05, 0) is 50.4 Å². The molecule has 1 saturated heterocycles. The van der Waals surface area contributed by atoms with Gasteiger partial charge in [-0.1, -0.05) is 19.8 Å². The first kappa shape index (κ1) is 21.0. The first-order valence-electron chi connectivity index (χ1n) is 9.20. The summed E-state index contributed by atoms with van der Waals surface area (Å²) in [4.78, 5) is 7.25. The molecule has 5 heteroatoms. The fourth-order valence-corrected chi connectivity index (χ4v) is 3.64. The van der Waals surface area contributed by atoms with E-state index in [1.807, 2.05) is 0 Å². The van der Waals surface area contributed by atoms with Crippen molar-refractivity contribution in [1.82, 2.24) is 10.2 Å². The molecule has 1 heterocycles. The van der Waals surface area contributed by atoms with E-state index < -0.39 is 0 Å². The molecule has 0 unspecified atom stereocenters. The molecule has 0 atom stereocenters. The molecule has 2 aliphatic rings. The average molecular weight is 437 g/mol. The summed E-state index contributed by atoms with van der Waals surface area (Å²) in [5.74, 6) is 1.91. The van der Waals surface area contributed by atoms with Gasteiger partial charge < -0.3 is 15.0 Å². The van der Waals surface area contributed by atoms with Crippen molar-refractivity contribution in [1.29, 1.82) is 0 Å². The lowest BCUT2D eigenvalue weighted by Gasteiger charge is -2.28. The van der Waals surface area contributed by atoms with Gasteiger partial charge in [0.05, 0.1) is 0 Å². The van der Waals surface area contributed by atoms with Gasteiger partial charge in [0.1, 0.15) is 0 Å². The first-order valence-corrected chi connectivity index (χ1v) is 9.20. The van der Waals surface area contributed by atoms with Crippen molar-refractivity contribution in [2.75, 3.05) is 39.9 Å². The Balaban J connectivity index is 0.00000264. The van der Waals surface area contributed by atoms with E-state index >= 15 is 0 Å². The molecule has 1 aliphatic heterocycles. The highest BCUT2D eigenvalue weighted by Crippen LogP contribution is 2.37. The monoisotopic (exact) mass is 437 g/mol. The highest BCUT2D eigenvalue weighted by molar-refractivity contribution is 14.0. The van der Waals surface area contributed by atoms with Crippen LogP contribution in [0.15, 0.2) is 4.99 Å². The summed E-state index contributed by atoms with van der Waals surface area (Å²) in [6.07, 6.45) is 9.12. The number of hydrogen-bond acceptors (Lipinski definition) is 2. The summed E-state index contributed by atoms with van der Waals surface area (Å²) in [6, 6.07) is 0. The third-order valence-corrected chi connectivity index (χ3v) is 5.33. The molecule has 0 aromatic carbocycles. The second-order valence-corrected chi connectivity index (χ2v) is 7.45. The summed E-state index contributed by atoms with van der Waals surface area (Å²) in [5, 5.41) is 3.46. The zero-order valence-corrected chi connectivity index (χ0v) is 17.6. The number of rotatable bonds is 6. The van der Waals surface area contributed by atoms with Crippen molar-refractivity contribution in [3.05, 3.63) is 0 Å². The molecule has 1 saturated carbocycles. The van der Waals surface area contributed by atoms with Crippen LogP contribution in [-0.2, 0) is 4.74 Å². The molecular weight excluding hydrogens is 401 g/mol. The second kappa shape index (κ2) is 10.7. The van der Waals surface area contributed by atoms with Gasteiger partial charge in [0.2, 0.25) is 0 Å². The van der Waals surface area contributed by atoms with Gasteiger partial charge in [0, 0.05) is 39.9 Å². The molecule has 136 valence electrons. The summed E-state index contributed by atoms with van der Waals surface area (Å²) in [7, 11) is 2.18. The lowest BCUT2D eigenvalue weighted by molar-refractivity contribution is 0.0625. The Hall–Kier alpha value is -0.0400. The van der Waals surface area contributed by atoms with Crippen molar-refractivity contribution < 1.29 is 4.74 Å². The van der Waals surface area contributed by atoms with Crippen LogP contribution < -0.4 is 5.32 Å². The molecule has 2 fully saturated rings. The van der Waals surface area contributed by atoms with E-state index in [0.29, 0.717) is 5.41 Å². The molecular formula is C18H36IN3O. The van der Waals surface area contributed by atoms with Crippen molar-refractivity contribution >= 4 is 29.9 Å². The predicted molar refractivity (Wildman–Crippen MR) is 109 cm³/mol. The van der Waals surface area contributed by atoms with Crippen LogP contribution in [0, 0.1) is 11.3 Å². The van der Waals surface area contributed by atoms with Gasteiger partial charge in [0.15, 0.2) is 5.96 Å². The van der Waals surface area contributed by atoms with E-state index in [2.05, 4.69) is 31.1 Å². The summed E-state index contributed by atoms with van der Waals surface area (Å²) >= 11 is 0. The maximum Gasteiger partial charge on any atom is 0.193 e. The zero-order valence-electron chi connectivity index (χ0n) is 15.3. The number of hydrogen-bond donors (Lipinski definition) is 1. The van der Waals surface area contributed by atoms with Crippen LogP contribution in [0.3, 0.4) is 0 Å². The van der Waals surface area contributed by atoms with Crippen molar-refractivity contribution in [2.24, 2.45) is 16.3 Å². The number of nitrogens with one attached hydrogen (secondary N) is 1. The van der Waals surface area contributed by atoms with E-state index in [1.165, 1.54) is 44.9 Å². The fraction of sp³-hybridized carbons (Fsp3) is 0.944. The van der Waals surface area contributed by atoms with Crippen LogP contribution in [0.1, 0.15) is 58.8 Å². The topological polar surface area (TPSA) is 36.9 Å². The molecule has 0 spiro atoms. The Labute approximate surface area is 159 Å². The Morgan fingerprint density at radius 2 is 1.91 bits per heavy atom. The Morgan fingerprint density at radius 3 is 2.52 bits per heavy atom. The molecule has 0 amide bonds. The zero-order chi connectivity index (χ0) is 15.8. The summed E-state index contributed by atoms with van der Waals surface area (Å²) in [6.45, 7) is 9.44. The van der Waals surface area contributed by atoms with Crippen molar-refractivity contribution in [3.8, 4) is 0 Å². The highest BCUT2D eigenvalue weighted by atomic mass is 127. The number of guanidine groups is 1. The molecule has 0 bridgehead atoms. The first-order chi connectivity index (χ1) is 10.6. The molecule has 0 aromatic rings. The van der Waals surface area contributed by atoms with Crippen LogP contribution in [0.25, 0.3) is 0 Å². The second-order valence-electron chi connectivity index (χ2n) is 7.45. The number of aliphatic imine (C=N–C) groups is 1. The Morgan fingerprint density at radius 1 is 1.26 bits per heavy atom. The van der Waals surface area contributed by atoms with Crippen LogP contribution in [0.4, 0.5) is 0 Å². The van der Waals surface area contributed by atoms with Crippen molar-refractivity contribution in [2.45, 2.75) is 58.8 Å². The largest absolute Gasteiger partial charge is 0.381 e. The van der Waals surface area contributed by atoms with E-state index in [0.717, 1.165) is 44.7 Å². The van der Waals surface area contributed by atoms with E-state index in [-0.39, 0.29) is 24.0 Å². The number of nitrogens with zero attached hydrogens (tertiary/aromatic N) is 2. The van der Waals surface area contributed by atoms with Gasteiger partial charge in [-0.15, -0.1) is 24.0 Å². The fourth-order valence-electron chi connectivity index (χ4n) is 3.64. The molecule has 1 aliphatic carbocycles. The SMILES string of the molecule is CCNC(=NCC1(C)CCCC1)N(C)CCC1CCOCC1.I.